The minimum Gasteiger partial charge on any atom is -0.302 e. The largest absolute Gasteiger partial charge is 0.302 e. The number of hydrogen-bond acceptors (Lipinski definition) is 3. The van der Waals surface area contributed by atoms with Crippen LogP contribution in [-0.2, 0) is 0 Å². The minimum atomic E-state index is 0.0237. The van der Waals surface area contributed by atoms with Crippen LogP contribution in [-0.4, -0.2) is 24.5 Å². The van der Waals surface area contributed by atoms with E-state index in [1.807, 2.05) is 0 Å². The molecule has 0 radical (unpaired) electrons. The second kappa shape index (κ2) is 7.39. The lowest BCUT2D eigenvalue weighted by Crippen LogP contribution is -2.30. The first-order chi connectivity index (χ1) is 8.63. The molecule has 0 spiro atoms. The van der Waals surface area contributed by atoms with E-state index in [0.29, 0.717) is 18.3 Å². The molecule has 3 nitrogen and oxygen atoms in total. The lowest BCUT2D eigenvalue weighted by molar-refractivity contribution is 0.228. The van der Waals surface area contributed by atoms with Crippen LogP contribution in [0.5, 0.6) is 0 Å². The molecule has 3 heteroatoms. The molecule has 1 aliphatic heterocycles. The molecule has 2 unspecified atom stereocenters. The Morgan fingerprint density at radius 2 is 2.06 bits per heavy atom. The molecule has 0 bridgehead atoms. The molecule has 1 heterocycles. The summed E-state index contributed by atoms with van der Waals surface area (Å²) >= 11 is 0. The molecular weight excluding hydrogens is 222 g/mol. The monoisotopic (exact) mass is 247 g/mol. The highest BCUT2D eigenvalue weighted by Crippen LogP contribution is 2.34. The Morgan fingerprint density at radius 3 is 2.67 bits per heavy atom. The number of likely N-dealkylation sites (tertiary alicyclic amines) is 1. The molecule has 2 atom stereocenters. The molecule has 18 heavy (non-hydrogen) atoms. The molecule has 0 amide bonds. The zero-order chi connectivity index (χ0) is 13.4. The van der Waals surface area contributed by atoms with Crippen molar-refractivity contribution in [1.29, 1.82) is 10.5 Å². The highest BCUT2D eigenvalue weighted by Gasteiger charge is 2.26. The van der Waals surface area contributed by atoms with Gasteiger partial charge in [-0.2, -0.15) is 10.5 Å². The maximum atomic E-state index is 9.12. The van der Waals surface area contributed by atoms with Gasteiger partial charge in [-0.3, -0.25) is 0 Å². The van der Waals surface area contributed by atoms with Gasteiger partial charge < -0.3 is 4.90 Å². The van der Waals surface area contributed by atoms with Crippen molar-refractivity contribution in [1.82, 2.24) is 4.90 Å². The Kier molecular flexibility index (Phi) is 6.16. The predicted octanol–water partition coefficient (Wildman–Crippen LogP) is 3.33. The molecule has 0 aliphatic carbocycles. The molecule has 0 aromatic carbocycles. The third-order valence-corrected chi connectivity index (χ3v) is 4.41. The van der Waals surface area contributed by atoms with Crippen molar-refractivity contribution in [2.45, 2.75) is 52.4 Å². The molecule has 100 valence electrons. The quantitative estimate of drug-likeness (QED) is 0.748. The van der Waals surface area contributed by atoms with E-state index < -0.39 is 0 Å². The Labute approximate surface area is 111 Å². The number of hydrogen-bond donors (Lipinski definition) is 0. The van der Waals surface area contributed by atoms with Crippen molar-refractivity contribution in [2.24, 2.45) is 11.3 Å². The third kappa shape index (κ3) is 4.67. The van der Waals surface area contributed by atoms with Crippen molar-refractivity contribution in [3.05, 3.63) is 0 Å². The molecule has 1 fully saturated rings. The second-order valence-electron chi connectivity index (χ2n) is 5.84. The van der Waals surface area contributed by atoms with Gasteiger partial charge in [-0.05, 0) is 44.2 Å². The summed E-state index contributed by atoms with van der Waals surface area (Å²) in [5.41, 5.74) is 0.490. The molecule has 0 aromatic heterocycles. The summed E-state index contributed by atoms with van der Waals surface area (Å²) in [7, 11) is 0. The van der Waals surface area contributed by atoms with Crippen molar-refractivity contribution < 1.29 is 0 Å². The number of nitrogens with zero attached hydrogens (tertiary/aromatic N) is 3. The van der Waals surface area contributed by atoms with Gasteiger partial charge in [0.15, 0.2) is 0 Å². The SMILES string of the molecule is CCC1(C)CCCN(CC(C#N)CCC#N)CC1. The number of nitriles is 2. The normalized spacial score (nSPS) is 26.9. The molecule has 1 saturated heterocycles. The van der Waals surface area contributed by atoms with Crippen LogP contribution in [0.15, 0.2) is 0 Å². The predicted molar refractivity (Wildman–Crippen MR) is 72.6 cm³/mol. The summed E-state index contributed by atoms with van der Waals surface area (Å²) in [6.07, 6.45) is 6.24. The van der Waals surface area contributed by atoms with Crippen LogP contribution in [0, 0.1) is 34.0 Å². The lowest BCUT2D eigenvalue weighted by Gasteiger charge is -2.27. The molecule has 0 aromatic rings. The second-order valence-corrected chi connectivity index (χ2v) is 5.84. The van der Waals surface area contributed by atoms with E-state index in [-0.39, 0.29) is 5.92 Å². The van der Waals surface area contributed by atoms with Crippen LogP contribution in [0.2, 0.25) is 0 Å². The van der Waals surface area contributed by atoms with E-state index in [4.69, 9.17) is 10.5 Å². The van der Waals surface area contributed by atoms with Crippen LogP contribution in [0.1, 0.15) is 52.4 Å². The molecular formula is C15H25N3. The molecule has 0 N–H and O–H groups in total. The molecule has 1 rings (SSSR count). The fourth-order valence-electron chi connectivity index (χ4n) is 2.68. The van der Waals surface area contributed by atoms with Crippen LogP contribution < -0.4 is 0 Å². The average molecular weight is 247 g/mol. The summed E-state index contributed by atoms with van der Waals surface area (Å²) in [4.78, 5) is 2.42. The topological polar surface area (TPSA) is 50.8 Å². The van der Waals surface area contributed by atoms with Gasteiger partial charge in [0, 0.05) is 13.0 Å². The van der Waals surface area contributed by atoms with E-state index >= 15 is 0 Å². The van der Waals surface area contributed by atoms with Crippen LogP contribution in [0.3, 0.4) is 0 Å². The third-order valence-electron chi connectivity index (χ3n) is 4.41. The van der Waals surface area contributed by atoms with Gasteiger partial charge in [-0.15, -0.1) is 0 Å². The average Bonchev–Trinajstić information content (AvgIpc) is 2.57. The Balaban J connectivity index is 2.44. The Bertz CT molecular complexity index is 326. The zero-order valence-electron chi connectivity index (χ0n) is 11.8. The summed E-state index contributed by atoms with van der Waals surface area (Å²) < 4.78 is 0. The van der Waals surface area contributed by atoms with Gasteiger partial charge in [-0.1, -0.05) is 20.3 Å². The van der Waals surface area contributed by atoms with Crippen molar-refractivity contribution in [2.75, 3.05) is 19.6 Å². The summed E-state index contributed by atoms with van der Waals surface area (Å²) in [5.74, 6) is 0.0237. The highest BCUT2D eigenvalue weighted by molar-refractivity contribution is 4.89. The maximum absolute atomic E-state index is 9.12. The van der Waals surface area contributed by atoms with Gasteiger partial charge in [0.05, 0.1) is 18.1 Å². The fourth-order valence-corrected chi connectivity index (χ4v) is 2.68. The molecule has 0 saturated carbocycles. The van der Waals surface area contributed by atoms with Crippen LogP contribution in [0.4, 0.5) is 0 Å². The summed E-state index contributed by atoms with van der Waals surface area (Å²) in [6, 6.07) is 4.48. The first-order valence-electron chi connectivity index (χ1n) is 7.12. The van der Waals surface area contributed by atoms with E-state index in [1.165, 1.54) is 25.7 Å². The first kappa shape index (κ1) is 15.0. The Morgan fingerprint density at radius 1 is 1.28 bits per heavy atom. The lowest BCUT2D eigenvalue weighted by atomic mass is 9.80. The number of rotatable bonds is 5. The smallest absolute Gasteiger partial charge is 0.0669 e. The fraction of sp³-hybridized carbons (Fsp3) is 0.867. The zero-order valence-corrected chi connectivity index (χ0v) is 11.8. The van der Waals surface area contributed by atoms with Gasteiger partial charge >= 0.3 is 0 Å². The summed E-state index contributed by atoms with van der Waals surface area (Å²) in [6.45, 7) is 7.72. The van der Waals surface area contributed by atoms with Gasteiger partial charge in [0.25, 0.3) is 0 Å². The van der Waals surface area contributed by atoms with Crippen molar-refractivity contribution in [3.63, 3.8) is 0 Å². The molecule has 1 aliphatic rings. The van der Waals surface area contributed by atoms with Crippen molar-refractivity contribution >= 4 is 0 Å². The van der Waals surface area contributed by atoms with Gasteiger partial charge in [0.1, 0.15) is 0 Å². The van der Waals surface area contributed by atoms with E-state index in [1.54, 1.807) is 0 Å². The Hall–Kier alpha value is -1.06. The van der Waals surface area contributed by atoms with Gasteiger partial charge in [-0.25, -0.2) is 0 Å². The maximum Gasteiger partial charge on any atom is 0.0669 e. The van der Waals surface area contributed by atoms with Crippen LogP contribution in [0.25, 0.3) is 0 Å². The van der Waals surface area contributed by atoms with Gasteiger partial charge in [0.2, 0.25) is 0 Å². The van der Waals surface area contributed by atoms with Crippen molar-refractivity contribution in [3.8, 4) is 12.1 Å². The van der Waals surface area contributed by atoms with E-state index in [0.717, 1.165) is 19.6 Å². The first-order valence-corrected chi connectivity index (χ1v) is 7.12. The summed E-state index contributed by atoms with van der Waals surface area (Å²) in [5, 5.41) is 17.7. The van der Waals surface area contributed by atoms with Crippen LogP contribution >= 0.6 is 0 Å². The minimum absolute atomic E-state index is 0.0237. The highest BCUT2D eigenvalue weighted by atomic mass is 15.1. The standard InChI is InChI=1S/C15H25N3/c1-3-15(2)7-5-10-18(11-8-15)13-14(12-17)6-4-9-16/h14H,3-8,10-11,13H2,1-2H3. The van der Waals surface area contributed by atoms with E-state index in [9.17, 15) is 0 Å². The van der Waals surface area contributed by atoms with E-state index in [2.05, 4.69) is 30.9 Å².